The molecule has 20 heavy (non-hydrogen) atoms. The van der Waals surface area contributed by atoms with Gasteiger partial charge in [0.25, 0.3) is 0 Å². The molecule has 106 valence electrons. The number of hydrogen-bond acceptors (Lipinski definition) is 5. The Balaban J connectivity index is 2.15. The maximum absolute atomic E-state index is 12.1. The lowest BCUT2D eigenvalue weighted by Crippen LogP contribution is -2.45. The summed E-state index contributed by atoms with van der Waals surface area (Å²) in [6, 6.07) is 6.65. The average Bonchev–Trinajstić information content (AvgIpc) is 2.91. The Kier molecular flexibility index (Phi) is 3.80. The zero-order valence-electron chi connectivity index (χ0n) is 11.7. The van der Waals surface area contributed by atoms with Gasteiger partial charge < -0.3 is 11.1 Å². The fourth-order valence-electron chi connectivity index (χ4n) is 1.62. The molecule has 0 saturated carbocycles. The number of aromatic nitrogens is 4. The van der Waals surface area contributed by atoms with Gasteiger partial charge in [-0.05, 0) is 34.0 Å². The van der Waals surface area contributed by atoms with Gasteiger partial charge in [-0.1, -0.05) is 26.8 Å². The molecule has 0 bridgehead atoms. The third kappa shape index (κ3) is 3.18. The van der Waals surface area contributed by atoms with Gasteiger partial charge in [0, 0.05) is 5.69 Å². The SMILES string of the molecule is CC(C)(C)[C@@H](N)C(=O)Nc1cccc(-n2cnnn2)c1. The minimum absolute atomic E-state index is 0.216. The van der Waals surface area contributed by atoms with Gasteiger partial charge in [-0.2, -0.15) is 0 Å². The van der Waals surface area contributed by atoms with E-state index in [2.05, 4.69) is 20.8 Å². The van der Waals surface area contributed by atoms with Crippen molar-refractivity contribution in [1.82, 2.24) is 20.2 Å². The summed E-state index contributed by atoms with van der Waals surface area (Å²) in [5.41, 5.74) is 7.05. The molecular weight excluding hydrogens is 256 g/mol. The first kappa shape index (κ1) is 14.1. The minimum Gasteiger partial charge on any atom is -0.325 e. The van der Waals surface area contributed by atoms with Gasteiger partial charge in [0.2, 0.25) is 5.91 Å². The molecule has 1 amide bonds. The lowest BCUT2D eigenvalue weighted by Gasteiger charge is -2.25. The Morgan fingerprint density at radius 2 is 2.15 bits per heavy atom. The minimum atomic E-state index is -0.584. The molecule has 0 radical (unpaired) electrons. The number of rotatable bonds is 3. The second kappa shape index (κ2) is 5.38. The van der Waals surface area contributed by atoms with Crippen molar-refractivity contribution in [3.63, 3.8) is 0 Å². The predicted molar refractivity (Wildman–Crippen MR) is 75.2 cm³/mol. The molecular formula is C13H18N6O. The molecule has 1 heterocycles. The molecule has 2 aromatic rings. The second-order valence-electron chi connectivity index (χ2n) is 5.64. The smallest absolute Gasteiger partial charge is 0.241 e. The lowest BCUT2D eigenvalue weighted by molar-refractivity contribution is -0.119. The van der Waals surface area contributed by atoms with Crippen molar-refractivity contribution in [3.8, 4) is 5.69 Å². The predicted octanol–water partition coefficient (Wildman–Crippen LogP) is 0.974. The number of benzene rings is 1. The van der Waals surface area contributed by atoms with E-state index in [1.807, 2.05) is 32.9 Å². The molecule has 3 N–H and O–H groups in total. The molecule has 1 aromatic carbocycles. The highest BCUT2D eigenvalue weighted by Gasteiger charge is 2.27. The summed E-state index contributed by atoms with van der Waals surface area (Å²) >= 11 is 0. The number of nitrogens with one attached hydrogen (secondary N) is 1. The molecule has 7 nitrogen and oxygen atoms in total. The van der Waals surface area contributed by atoms with Gasteiger partial charge in [-0.3, -0.25) is 4.79 Å². The van der Waals surface area contributed by atoms with E-state index in [-0.39, 0.29) is 11.3 Å². The van der Waals surface area contributed by atoms with Crippen molar-refractivity contribution in [2.45, 2.75) is 26.8 Å². The highest BCUT2D eigenvalue weighted by atomic mass is 16.2. The largest absolute Gasteiger partial charge is 0.325 e. The van der Waals surface area contributed by atoms with Crippen molar-refractivity contribution in [2.75, 3.05) is 5.32 Å². The van der Waals surface area contributed by atoms with Gasteiger partial charge in [-0.25, -0.2) is 4.68 Å². The number of hydrogen-bond donors (Lipinski definition) is 2. The summed E-state index contributed by atoms with van der Waals surface area (Å²) in [6.45, 7) is 5.78. The van der Waals surface area contributed by atoms with Crippen molar-refractivity contribution >= 4 is 11.6 Å². The Hall–Kier alpha value is -2.28. The first-order chi connectivity index (χ1) is 9.38. The van der Waals surface area contributed by atoms with Gasteiger partial charge in [-0.15, -0.1) is 5.10 Å². The van der Waals surface area contributed by atoms with Crippen LogP contribution in [-0.4, -0.2) is 32.2 Å². The third-order valence-electron chi connectivity index (χ3n) is 2.94. The monoisotopic (exact) mass is 274 g/mol. The van der Waals surface area contributed by atoms with Crippen LogP contribution in [0.3, 0.4) is 0 Å². The Labute approximate surface area is 117 Å². The van der Waals surface area contributed by atoms with Crippen LogP contribution in [0.1, 0.15) is 20.8 Å². The summed E-state index contributed by atoms with van der Waals surface area (Å²) < 4.78 is 1.51. The quantitative estimate of drug-likeness (QED) is 0.869. The molecule has 1 atom stereocenters. The molecule has 0 fully saturated rings. The van der Waals surface area contributed by atoms with E-state index in [0.29, 0.717) is 5.69 Å². The molecule has 2 rings (SSSR count). The summed E-state index contributed by atoms with van der Waals surface area (Å²) in [5.74, 6) is -0.216. The van der Waals surface area contributed by atoms with Crippen LogP contribution in [0.15, 0.2) is 30.6 Å². The average molecular weight is 274 g/mol. The van der Waals surface area contributed by atoms with Crippen LogP contribution < -0.4 is 11.1 Å². The van der Waals surface area contributed by atoms with Crippen LogP contribution in [-0.2, 0) is 4.79 Å². The van der Waals surface area contributed by atoms with E-state index in [1.54, 1.807) is 12.1 Å². The standard InChI is InChI=1S/C13H18N6O/c1-13(2,3)11(14)12(20)16-9-5-4-6-10(7-9)19-8-15-17-18-19/h4-8,11H,14H2,1-3H3,(H,16,20)/t11-/m0/s1. The van der Waals surface area contributed by atoms with Gasteiger partial charge in [0.15, 0.2) is 0 Å². The zero-order valence-corrected chi connectivity index (χ0v) is 11.7. The molecule has 1 aromatic heterocycles. The van der Waals surface area contributed by atoms with Crippen molar-refractivity contribution in [1.29, 1.82) is 0 Å². The zero-order chi connectivity index (χ0) is 14.8. The Morgan fingerprint density at radius 1 is 1.40 bits per heavy atom. The van der Waals surface area contributed by atoms with Gasteiger partial charge >= 0.3 is 0 Å². The lowest BCUT2D eigenvalue weighted by atomic mass is 9.87. The Bertz CT molecular complexity index is 587. The third-order valence-corrected chi connectivity index (χ3v) is 2.94. The number of anilines is 1. The molecule has 0 spiro atoms. The van der Waals surface area contributed by atoms with Gasteiger partial charge in [0.05, 0.1) is 11.7 Å². The first-order valence-electron chi connectivity index (χ1n) is 6.28. The van der Waals surface area contributed by atoms with E-state index in [9.17, 15) is 4.79 Å². The van der Waals surface area contributed by atoms with Crippen LogP contribution in [0.25, 0.3) is 5.69 Å². The maximum Gasteiger partial charge on any atom is 0.241 e. The highest BCUT2D eigenvalue weighted by Crippen LogP contribution is 2.19. The Morgan fingerprint density at radius 3 is 2.75 bits per heavy atom. The normalized spacial score (nSPS) is 13.0. The fourth-order valence-corrected chi connectivity index (χ4v) is 1.62. The molecule has 0 aliphatic rings. The number of tetrazole rings is 1. The van der Waals surface area contributed by atoms with Crippen molar-refractivity contribution < 1.29 is 4.79 Å². The highest BCUT2D eigenvalue weighted by molar-refractivity contribution is 5.95. The van der Waals surface area contributed by atoms with Crippen LogP contribution in [0.2, 0.25) is 0 Å². The van der Waals surface area contributed by atoms with Gasteiger partial charge in [0.1, 0.15) is 6.33 Å². The molecule has 0 saturated heterocycles. The molecule has 7 heteroatoms. The number of carbonyl (C=O) groups excluding carboxylic acids is 1. The summed E-state index contributed by atoms with van der Waals surface area (Å²) in [4.78, 5) is 12.1. The summed E-state index contributed by atoms with van der Waals surface area (Å²) in [5, 5.41) is 13.8. The molecule has 0 aliphatic heterocycles. The van der Waals surface area contributed by atoms with Crippen molar-refractivity contribution in [3.05, 3.63) is 30.6 Å². The maximum atomic E-state index is 12.1. The van der Waals surface area contributed by atoms with Crippen molar-refractivity contribution in [2.24, 2.45) is 11.1 Å². The van der Waals surface area contributed by atoms with E-state index < -0.39 is 6.04 Å². The number of nitrogens with two attached hydrogens (primary N) is 1. The number of amides is 1. The van der Waals surface area contributed by atoms with Crippen LogP contribution in [0, 0.1) is 5.41 Å². The molecule has 0 aliphatic carbocycles. The summed E-state index contributed by atoms with van der Waals surface area (Å²) in [6.07, 6.45) is 1.49. The van der Waals surface area contributed by atoms with Crippen LogP contribution >= 0.6 is 0 Å². The van der Waals surface area contributed by atoms with E-state index in [0.717, 1.165) is 5.69 Å². The van der Waals surface area contributed by atoms with Crippen LogP contribution in [0.4, 0.5) is 5.69 Å². The van der Waals surface area contributed by atoms with E-state index >= 15 is 0 Å². The van der Waals surface area contributed by atoms with E-state index in [4.69, 9.17) is 5.73 Å². The summed E-state index contributed by atoms with van der Waals surface area (Å²) in [7, 11) is 0. The fraction of sp³-hybridized carbons (Fsp3) is 0.385. The number of carbonyl (C=O) groups is 1. The topological polar surface area (TPSA) is 98.7 Å². The van der Waals surface area contributed by atoms with E-state index in [1.165, 1.54) is 11.0 Å². The number of nitrogens with zero attached hydrogens (tertiary/aromatic N) is 4. The second-order valence-corrected chi connectivity index (χ2v) is 5.64. The molecule has 0 unspecified atom stereocenters. The van der Waals surface area contributed by atoms with Crippen LogP contribution in [0.5, 0.6) is 0 Å². The first-order valence-corrected chi connectivity index (χ1v) is 6.28.